The van der Waals surface area contributed by atoms with Gasteiger partial charge in [-0.25, -0.2) is 9.97 Å². The maximum Gasteiger partial charge on any atom is 0.160 e. The molecule has 5 aromatic carbocycles. The molecule has 0 N–H and O–H groups in total. The number of fused-ring (bicyclic) bond motifs is 3. The highest BCUT2D eigenvalue weighted by atomic mass is 15.0. The van der Waals surface area contributed by atoms with Crippen LogP contribution in [0.1, 0.15) is 11.1 Å². The third-order valence-electron chi connectivity index (χ3n) is 7.29. The van der Waals surface area contributed by atoms with Crippen molar-refractivity contribution >= 4 is 21.8 Å². The van der Waals surface area contributed by atoms with Crippen molar-refractivity contribution in [3.05, 3.63) is 139 Å². The monoisotopic (exact) mass is 523 g/mol. The van der Waals surface area contributed by atoms with E-state index in [2.05, 4.69) is 41.0 Å². The summed E-state index contributed by atoms with van der Waals surface area (Å²) < 4.78 is 2.11. The van der Waals surface area contributed by atoms with Crippen molar-refractivity contribution in [2.24, 2.45) is 0 Å². The Labute approximate surface area is 236 Å². The fourth-order valence-electron chi connectivity index (χ4n) is 5.46. The molecule has 0 fully saturated rings. The Morgan fingerprint density at radius 2 is 1.00 bits per heavy atom. The standard InChI is InChI=1S/C36H21N5/c37-22-26-19-28(41-33-17-9-7-15-29(33)30-16-8-10-18-34(30)41)20-27(23-38)35(26)32-21-31(24-11-3-1-4-12-24)39-36(40-32)25-13-5-2-6-14-25/h1-21H. The Balaban J connectivity index is 1.50. The van der Waals surface area contributed by atoms with E-state index in [-0.39, 0.29) is 0 Å². The first-order chi connectivity index (χ1) is 20.2. The molecule has 5 heteroatoms. The van der Waals surface area contributed by atoms with Crippen molar-refractivity contribution in [3.63, 3.8) is 0 Å². The highest BCUT2D eigenvalue weighted by Crippen LogP contribution is 2.36. The Hall–Kier alpha value is -6.04. The van der Waals surface area contributed by atoms with Gasteiger partial charge in [-0.1, -0.05) is 97.1 Å². The Kier molecular flexibility index (Phi) is 5.82. The minimum atomic E-state index is 0.373. The summed E-state index contributed by atoms with van der Waals surface area (Å²) in [7, 11) is 0. The molecule has 0 radical (unpaired) electrons. The van der Waals surface area contributed by atoms with Gasteiger partial charge in [-0.3, -0.25) is 0 Å². The molecule has 0 amide bonds. The van der Waals surface area contributed by atoms with Gasteiger partial charge in [0.15, 0.2) is 5.82 Å². The fraction of sp³-hybridized carbons (Fsp3) is 0. The average molecular weight is 524 g/mol. The second kappa shape index (κ2) is 9.93. The normalized spacial score (nSPS) is 10.9. The lowest BCUT2D eigenvalue weighted by molar-refractivity contribution is 1.16. The van der Waals surface area contributed by atoms with E-state index >= 15 is 0 Å². The van der Waals surface area contributed by atoms with E-state index in [4.69, 9.17) is 9.97 Å². The van der Waals surface area contributed by atoms with Crippen molar-refractivity contribution in [2.45, 2.75) is 0 Å². The van der Waals surface area contributed by atoms with Crippen LogP contribution in [0.15, 0.2) is 127 Å². The second-order valence-corrected chi connectivity index (χ2v) is 9.70. The molecule has 0 bridgehead atoms. The smallest absolute Gasteiger partial charge is 0.160 e. The van der Waals surface area contributed by atoms with Crippen molar-refractivity contribution in [1.29, 1.82) is 10.5 Å². The molecule has 190 valence electrons. The van der Waals surface area contributed by atoms with Crippen molar-refractivity contribution < 1.29 is 0 Å². The predicted molar refractivity (Wildman–Crippen MR) is 162 cm³/mol. The number of hydrogen-bond donors (Lipinski definition) is 0. The minimum Gasteiger partial charge on any atom is -0.309 e. The number of para-hydroxylation sites is 2. The summed E-state index contributed by atoms with van der Waals surface area (Å²) in [6, 6.07) is 46.2. The van der Waals surface area contributed by atoms with E-state index in [1.54, 1.807) is 0 Å². The lowest BCUT2D eigenvalue weighted by Gasteiger charge is -2.14. The number of rotatable bonds is 4. The Morgan fingerprint density at radius 1 is 0.512 bits per heavy atom. The van der Waals surface area contributed by atoms with Crippen LogP contribution in [0.2, 0.25) is 0 Å². The summed E-state index contributed by atoms with van der Waals surface area (Å²) in [5.74, 6) is 0.529. The van der Waals surface area contributed by atoms with Crippen LogP contribution >= 0.6 is 0 Å². The van der Waals surface area contributed by atoms with E-state index in [1.165, 1.54) is 0 Å². The molecule has 0 saturated heterocycles. The van der Waals surface area contributed by atoms with E-state index in [0.29, 0.717) is 33.9 Å². The zero-order valence-electron chi connectivity index (χ0n) is 21.9. The van der Waals surface area contributed by atoms with E-state index < -0.39 is 0 Å². The first-order valence-corrected chi connectivity index (χ1v) is 13.2. The van der Waals surface area contributed by atoms with Crippen LogP contribution in [0.3, 0.4) is 0 Å². The molecule has 5 nitrogen and oxygen atoms in total. The number of nitriles is 2. The van der Waals surface area contributed by atoms with Crippen molar-refractivity contribution in [1.82, 2.24) is 14.5 Å². The topological polar surface area (TPSA) is 78.3 Å². The molecule has 0 aliphatic heterocycles. The van der Waals surface area contributed by atoms with Crippen LogP contribution < -0.4 is 0 Å². The summed E-state index contributed by atoms with van der Waals surface area (Å²) in [5.41, 5.74) is 7.03. The van der Waals surface area contributed by atoms with Gasteiger partial charge >= 0.3 is 0 Å². The Morgan fingerprint density at radius 3 is 1.56 bits per heavy atom. The van der Waals surface area contributed by atoms with Gasteiger partial charge in [-0.15, -0.1) is 0 Å². The van der Waals surface area contributed by atoms with Crippen LogP contribution in [0.5, 0.6) is 0 Å². The van der Waals surface area contributed by atoms with Crippen LogP contribution in [-0.2, 0) is 0 Å². The summed E-state index contributed by atoms with van der Waals surface area (Å²) in [6.07, 6.45) is 0. The van der Waals surface area contributed by atoms with Gasteiger partial charge < -0.3 is 4.57 Å². The lowest BCUT2D eigenvalue weighted by atomic mass is 9.96. The molecular weight excluding hydrogens is 502 g/mol. The molecule has 7 rings (SSSR count). The van der Waals surface area contributed by atoms with E-state index in [0.717, 1.165) is 38.6 Å². The minimum absolute atomic E-state index is 0.373. The second-order valence-electron chi connectivity index (χ2n) is 9.70. The highest BCUT2D eigenvalue weighted by Gasteiger charge is 2.20. The maximum atomic E-state index is 10.4. The summed E-state index contributed by atoms with van der Waals surface area (Å²) in [4.78, 5) is 9.74. The molecule has 2 heterocycles. The summed E-state index contributed by atoms with van der Waals surface area (Å²) in [6.45, 7) is 0. The fourth-order valence-corrected chi connectivity index (χ4v) is 5.46. The highest BCUT2D eigenvalue weighted by molar-refractivity contribution is 6.09. The zero-order valence-corrected chi connectivity index (χ0v) is 21.9. The SMILES string of the molecule is N#Cc1cc(-n2c3ccccc3c3ccccc32)cc(C#N)c1-c1cc(-c2ccccc2)nc(-c2ccccc2)n1. The van der Waals surface area contributed by atoms with Gasteiger partial charge in [-0.2, -0.15) is 10.5 Å². The molecule has 0 atom stereocenters. The maximum absolute atomic E-state index is 10.4. The molecule has 2 aromatic heterocycles. The summed E-state index contributed by atoms with van der Waals surface area (Å²) >= 11 is 0. The molecule has 0 unspecified atom stereocenters. The van der Waals surface area contributed by atoms with Crippen LogP contribution in [0, 0.1) is 22.7 Å². The van der Waals surface area contributed by atoms with Crippen LogP contribution in [0.4, 0.5) is 0 Å². The van der Waals surface area contributed by atoms with E-state index in [9.17, 15) is 10.5 Å². The van der Waals surface area contributed by atoms with Gasteiger partial charge in [0.2, 0.25) is 0 Å². The third kappa shape index (κ3) is 4.10. The quantitative estimate of drug-likeness (QED) is 0.232. The molecule has 41 heavy (non-hydrogen) atoms. The van der Waals surface area contributed by atoms with Crippen LogP contribution in [-0.4, -0.2) is 14.5 Å². The molecule has 7 aromatic rings. The third-order valence-corrected chi connectivity index (χ3v) is 7.29. The van der Waals surface area contributed by atoms with Gasteiger partial charge in [-0.05, 0) is 30.3 Å². The van der Waals surface area contributed by atoms with Crippen molar-refractivity contribution in [2.75, 3.05) is 0 Å². The molecule has 0 aliphatic rings. The zero-order chi connectivity index (χ0) is 27.8. The number of aromatic nitrogens is 3. The summed E-state index contributed by atoms with van der Waals surface area (Å²) in [5, 5.41) is 23.0. The number of hydrogen-bond acceptors (Lipinski definition) is 4. The number of benzene rings is 5. The Bertz CT molecular complexity index is 2020. The molecule has 0 saturated carbocycles. The van der Waals surface area contributed by atoms with Gasteiger partial charge in [0, 0.05) is 33.2 Å². The molecule has 0 spiro atoms. The molecule has 0 aliphatic carbocycles. The van der Waals surface area contributed by atoms with Gasteiger partial charge in [0.1, 0.15) is 0 Å². The van der Waals surface area contributed by atoms with Gasteiger partial charge in [0.05, 0.1) is 45.7 Å². The van der Waals surface area contributed by atoms with E-state index in [1.807, 2.05) is 103 Å². The lowest BCUT2D eigenvalue weighted by Crippen LogP contribution is -2.02. The van der Waals surface area contributed by atoms with Crippen molar-refractivity contribution in [3.8, 4) is 51.7 Å². The number of nitrogens with zero attached hydrogens (tertiary/aromatic N) is 5. The molecular formula is C36H21N5. The average Bonchev–Trinajstić information content (AvgIpc) is 3.39. The van der Waals surface area contributed by atoms with Crippen LogP contribution in [0.25, 0.3) is 61.4 Å². The van der Waals surface area contributed by atoms with Gasteiger partial charge in [0.25, 0.3) is 0 Å². The first kappa shape index (κ1) is 24.0. The largest absolute Gasteiger partial charge is 0.309 e. The predicted octanol–water partition coefficient (Wildman–Crippen LogP) is 8.32. The first-order valence-electron chi connectivity index (χ1n) is 13.2.